The largest absolute Gasteiger partial charge is 0.481 e. The van der Waals surface area contributed by atoms with Gasteiger partial charge in [0.2, 0.25) is 0 Å². The van der Waals surface area contributed by atoms with Gasteiger partial charge in [-0.3, -0.25) is 24.7 Å². The number of hydrogen-bond donors (Lipinski definition) is 4. The molecule has 0 unspecified atom stereocenters. The number of Topliss-reactive ketones (excluding diaryl/α,β-unsaturated/α-hetero) is 1. The number of hydrogen-bond acceptors (Lipinski definition) is 7. The van der Waals surface area contributed by atoms with Crippen LogP contribution in [-0.2, 0) is 16.1 Å². The molecule has 2 heterocycles. The van der Waals surface area contributed by atoms with Crippen LogP contribution in [0.5, 0.6) is 0 Å². The van der Waals surface area contributed by atoms with E-state index in [2.05, 4.69) is 25.9 Å². The van der Waals surface area contributed by atoms with Crippen molar-refractivity contribution in [2.24, 2.45) is 0 Å². The molecule has 2 aromatic heterocycles. The normalized spacial score (nSPS) is 10.1. The number of nitrogens with one attached hydrogen (secondary N) is 3. The number of carboxylic acids is 1. The van der Waals surface area contributed by atoms with Gasteiger partial charge in [0.1, 0.15) is 5.69 Å². The fourth-order valence-electron chi connectivity index (χ4n) is 2.04. The molecule has 28 heavy (non-hydrogen) atoms. The first kappa shape index (κ1) is 21.0. The molecule has 0 aliphatic carbocycles. The number of rotatable bonds is 10. The van der Waals surface area contributed by atoms with E-state index in [1.165, 1.54) is 5.38 Å². The zero-order valence-corrected chi connectivity index (χ0v) is 15.6. The van der Waals surface area contributed by atoms with E-state index in [1.54, 1.807) is 18.3 Å². The van der Waals surface area contributed by atoms with Gasteiger partial charge in [-0.15, -0.1) is 11.3 Å². The summed E-state index contributed by atoms with van der Waals surface area (Å²) in [7, 11) is 0. The number of nitrogens with zero attached hydrogens (tertiary/aromatic N) is 2. The molecule has 0 saturated heterocycles. The van der Waals surface area contributed by atoms with Crippen molar-refractivity contribution in [3.8, 4) is 0 Å². The Morgan fingerprint density at radius 2 is 1.93 bits per heavy atom. The first-order valence-electron chi connectivity index (χ1n) is 8.36. The minimum absolute atomic E-state index is 0.0726. The number of thiazole rings is 1. The van der Waals surface area contributed by atoms with Gasteiger partial charge in [0, 0.05) is 24.4 Å². The molecule has 0 bridgehead atoms. The maximum Gasteiger partial charge on any atom is 0.321 e. The van der Waals surface area contributed by atoms with Crippen molar-refractivity contribution in [2.75, 3.05) is 11.9 Å². The highest BCUT2D eigenvalue weighted by Crippen LogP contribution is 2.15. The van der Waals surface area contributed by atoms with E-state index < -0.39 is 17.9 Å². The van der Waals surface area contributed by atoms with E-state index in [4.69, 9.17) is 5.11 Å². The van der Waals surface area contributed by atoms with Gasteiger partial charge < -0.3 is 15.7 Å². The standard InChI is InChI=1S/C17H19N5O5S/c23-12(5-3-6-14(24)25)9-19-15(26)13-10-28-17(21-13)22-16(27)20-8-11-4-1-2-7-18-11/h1-2,4,7,10H,3,5-6,8-9H2,(H,19,26)(H,24,25)(H2,20,21,22,27). The smallest absolute Gasteiger partial charge is 0.321 e. The predicted octanol–water partition coefficient (Wildman–Crippen LogP) is 1.41. The lowest BCUT2D eigenvalue weighted by Crippen LogP contribution is -2.30. The Labute approximate surface area is 164 Å². The lowest BCUT2D eigenvalue weighted by atomic mass is 10.2. The van der Waals surface area contributed by atoms with E-state index in [1.807, 2.05) is 6.07 Å². The fourth-order valence-corrected chi connectivity index (χ4v) is 2.73. The number of urea groups is 1. The first-order chi connectivity index (χ1) is 13.4. The first-order valence-corrected chi connectivity index (χ1v) is 9.24. The highest BCUT2D eigenvalue weighted by Gasteiger charge is 2.13. The second-order valence-corrected chi connectivity index (χ2v) is 6.49. The molecule has 2 rings (SSSR count). The summed E-state index contributed by atoms with van der Waals surface area (Å²) in [5.74, 6) is -1.79. The summed E-state index contributed by atoms with van der Waals surface area (Å²) in [4.78, 5) is 53.9. The Morgan fingerprint density at radius 1 is 1.11 bits per heavy atom. The molecular weight excluding hydrogens is 386 g/mol. The lowest BCUT2D eigenvalue weighted by Gasteiger charge is -2.04. The average molecular weight is 405 g/mol. The summed E-state index contributed by atoms with van der Waals surface area (Å²) in [6.45, 7) is 0.0404. The topological polar surface area (TPSA) is 150 Å². The van der Waals surface area contributed by atoms with Crippen LogP contribution in [0.3, 0.4) is 0 Å². The van der Waals surface area contributed by atoms with Crippen molar-refractivity contribution in [2.45, 2.75) is 25.8 Å². The zero-order chi connectivity index (χ0) is 20.4. The molecule has 0 saturated carbocycles. The van der Waals surface area contributed by atoms with Gasteiger partial charge in [-0.05, 0) is 18.6 Å². The monoisotopic (exact) mass is 405 g/mol. The molecular formula is C17H19N5O5S. The summed E-state index contributed by atoms with van der Waals surface area (Å²) < 4.78 is 0. The Balaban J connectivity index is 1.73. The summed E-state index contributed by atoms with van der Waals surface area (Å²) in [5, 5.41) is 17.8. The van der Waals surface area contributed by atoms with Crippen LogP contribution >= 0.6 is 11.3 Å². The van der Waals surface area contributed by atoms with Gasteiger partial charge in [0.15, 0.2) is 10.9 Å². The third-order valence-electron chi connectivity index (χ3n) is 3.41. The van der Waals surface area contributed by atoms with Crippen LogP contribution < -0.4 is 16.0 Å². The second-order valence-electron chi connectivity index (χ2n) is 5.64. The summed E-state index contributed by atoms with van der Waals surface area (Å²) >= 11 is 1.07. The van der Waals surface area contributed by atoms with Crippen molar-refractivity contribution in [3.05, 3.63) is 41.2 Å². The number of ketones is 1. The summed E-state index contributed by atoms with van der Waals surface area (Å²) in [5.41, 5.74) is 0.772. The third kappa shape index (κ3) is 7.50. The van der Waals surface area contributed by atoms with E-state index in [9.17, 15) is 19.2 Å². The van der Waals surface area contributed by atoms with Crippen LogP contribution in [0, 0.1) is 0 Å². The molecule has 0 aliphatic heterocycles. The Kier molecular flexibility index (Phi) is 8.03. The number of pyridine rings is 1. The molecule has 0 atom stereocenters. The second kappa shape index (κ2) is 10.7. The SMILES string of the molecule is O=C(O)CCCC(=O)CNC(=O)c1csc(NC(=O)NCc2ccccn2)n1. The van der Waals surface area contributed by atoms with Crippen molar-refractivity contribution >= 4 is 40.2 Å². The zero-order valence-electron chi connectivity index (χ0n) is 14.8. The number of amides is 3. The lowest BCUT2D eigenvalue weighted by molar-refractivity contribution is -0.137. The van der Waals surface area contributed by atoms with E-state index in [-0.39, 0.29) is 49.0 Å². The molecule has 11 heteroatoms. The molecule has 0 spiro atoms. The molecule has 0 radical (unpaired) electrons. The minimum atomic E-state index is -0.969. The number of carbonyl (C=O) groups is 4. The molecule has 148 valence electrons. The summed E-state index contributed by atoms with van der Waals surface area (Å²) in [6, 6.07) is 4.87. The van der Waals surface area contributed by atoms with Gasteiger partial charge >= 0.3 is 12.0 Å². The number of anilines is 1. The van der Waals surface area contributed by atoms with Gasteiger partial charge in [0.05, 0.1) is 18.8 Å². The molecule has 3 amide bonds. The molecule has 10 nitrogen and oxygen atoms in total. The maximum atomic E-state index is 12.0. The van der Waals surface area contributed by atoms with Crippen molar-refractivity contribution < 1.29 is 24.3 Å². The number of aliphatic carboxylic acids is 1. The van der Waals surface area contributed by atoms with Gasteiger partial charge in [-0.2, -0.15) is 0 Å². The van der Waals surface area contributed by atoms with Crippen LogP contribution in [-0.4, -0.2) is 45.3 Å². The molecule has 0 fully saturated rings. The fraction of sp³-hybridized carbons (Fsp3) is 0.294. The van der Waals surface area contributed by atoms with Gasteiger partial charge in [-0.1, -0.05) is 6.07 Å². The molecule has 0 aliphatic rings. The Bertz CT molecular complexity index is 839. The van der Waals surface area contributed by atoms with Crippen LogP contribution in [0.1, 0.15) is 35.4 Å². The maximum absolute atomic E-state index is 12.0. The van der Waals surface area contributed by atoms with E-state index in [0.717, 1.165) is 11.3 Å². The molecule has 4 N–H and O–H groups in total. The van der Waals surface area contributed by atoms with Gasteiger partial charge in [-0.25, -0.2) is 9.78 Å². The van der Waals surface area contributed by atoms with E-state index in [0.29, 0.717) is 5.69 Å². The highest BCUT2D eigenvalue weighted by molar-refractivity contribution is 7.14. The van der Waals surface area contributed by atoms with Crippen molar-refractivity contribution in [3.63, 3.8) is 0 Å². The highest BCUT2D eigenvalue weighted by atomic mass is 32.1. The number of aromatic nitrogens is 2. The van der Waals surface area contributed by atoms with Crippen molar-refractivity contribution in [1.29, 1.82) is 0 Å². The van der Waals surface area contributed by atoms with Crippen LogP contribution in [0.4, 0.5) is 9.93 Å². The van der Waals surface area contributed by atoms with Gasteiger partial charge in [0.25, 0.3) is 5.91 Å². The minimum Gasteiger partial charge on any atom is -0.481 e. The average Bonchev–Trinajstić information content (AvgIpc) is 3.13. The Morgan fingerprint density at radius 3 is 2.64 bits per heavy atom. The predicted molar refractivity (Wildman–Crippen MR) is 101 cm³/mol. The third-order valence-corrected chi connectivity index (χ3v) is 4.16. The quantitative estimate of drug-likeness (QED) is 0.467. The number of carbonyl (C=O) groups excluding carboxylic acids is 3. The van der Waals surface area contributed by atoms with Crippen LogP contribution in [0.15, 0.2) is 29.8 Å². The number of carboxylic acid groups (broad SMARTS) is 1. The van der Waals surface area contributed by atoms with Crippen LogP contribution in [0.25, 0.3) is 0 Å². The molecule has 2 aromatic rings. The Hall–Kier alpha value is -3.34. The van der Waals surface area contributed by atoms with Crippen LogP contribution in [0.2, 0.25) is 0 Å². The molecule has 0 aromatic carbocycles. The van der Waals surface area contributed by atoms with E-state index >= 15 is 0 Å². The van der Waals surface area contributed by atoms with Crippen molar-refractivity contribution in [1.82, 2.24) is 20.6 Å². The summed E-state index contributed by atoms with van der Waals surface area (Å²) in [6.07, 6.45) is 1.83.